The van der Waals surface area contributed by atoms with Gasteiger partial charge in [0.25, 0.3) is 0 Å². The average Bonchev–Trinajstić information content (AvgIpc) is 2.61. The van der Waals surface area contributed by atoms with Crippen LogP contribution in [-0.2, 0) is 14.6 Å². The summed E-state index contributed by atoms with van der Waals surface area (Å²) in [5, 5.41) is 0. The smallest absolute Gasteiger partial charge is 0.226 e. The highest BCUT2D eigenvalue weighted by Crippen LogP contribution is 2.22. The van der Waals surface area contributed by atoms with Crippen LogP contribution in [0.2, 0.25) is 0 Å². The summed E-state index contributed by atoms with van der Waals surface area (Å²) in [4.78, 5) is 14.4. The zero-order chi connectivity index (χ0) is 20.2. The van der Waals surface area contributed by atoms with E-state index < -0.39 is 9.84 Å². The number of amides is 1. The predicted molar refractivity (Wildman–Crippen MR) is 107 cm³/mol. The Balaban J connectivity index is 1.93. The van der Waals surface area contributed by atoms with Gasteiger partial charge in [-0.15, -0.1) is 0 Å². The van der Waals surface area contributed by atoms with Gasteiger partial charge in [-0.1, -0.05) is 29.8 Å². The Bertz CT molecular complexity index is 904. The van der Waals surface area contributed by atoms with Crippen molar-refractivity contribution in [3.05, 3.63) is 59.2 Å². The van der Waals surface area contributed by atoms with Gasteiger partial charge in [-0.2, -0.15) is 0 Å². The fourth-order valence-electron chi connectivity index (χ4n) is 2.82. The summed E-state index contributed by atoms with van der Waals surface area (Å²) in [6.45, 7) is 6.24. The van der Waals surface area contributed by atoms with Gasteiger partial charge in [0.1, 0.15) is 5.75 Å². The Morgan fingerprint density at radius 3 is 2.30 bits per heavy atom. The molecule has 2 aromatic rings. The highest BCUT2D eigenvalue weighted by atomic mass is 32.2. The van der Waals surface area contributed by atoms with Crippen LogP contribution < -0.4 is 4.74 Å². The van der Waals surface area contributed by atoms with Crippen LogP contribution in [0, 0.1) is 13.8 Å². The molecule has 6 heteroatoms. The molecule has 0 bridgehead atoms. The third-order valence-electron chi connectivity index (χ3n) is 4.67. The quantitative estimate of drug-likeness (QED) is 0.724. The molecule has 5 nitrogen and oxygen atoms in total. The van der Waals surface area contributed by atoms with Gasteiger partial charge >= 0.3 is 0 Å². The lowest BCUT2D eigenvalue weighted by atomic mass is 10.1. The lowest BCUT2D eigenvalue weighted by molar-refractivity contribution is -0.132. The molecule has 0 aliphatic rings. The van der Waals surface area contributed by atoms with Crippen molar-refractivity contribution < 1.29 is 17.9 Å². The maximum atomic E-state index is 12.5. The molecule has 0 aliphatic heterocycles. The molecule has 1 atom stereocenters. The van der Waals surface area contributed by atoms with Gasteiger partial charge in [-0.05, 0) is 50.1 Å². The first-order chi connectivity index (χ1) is 12.6. The van der Waals surface area contributed by atoms with Gasteiger partial charge in [0, 0.05) is 13.3 Å². The number of carbonyl (C=O) groups excluding carboxylic acids is 1. The van der Waals surface area contributed by atoms with Crippen molar-refractivity contribution in [1.29, 1.82) is 0 Å². The normalized spacial score (nSPS) is 12.5. The van der Waals surface area contributed by atoms with Gasteiger partial charge in [0.2, 0.25) is 5.91 Å². The number of ether oxygens (including phenoxy) is 1. The summed E-state index contributed by atoms with van der Waals surface area (Å²) >= 11 is 0. The molecule has 2 aromatic carbocycles. The minimum Gasteiger partial charge on any atom is -0.493 e. The molecular weight excluding hydrogens is 362 g/mol. The first-order valence-corrected chi connectivity index (χ1v) is 10.7. The van der Waals surface area contributed by atoms with E-state index in [0.29, 0.717) is 6.61 Å². The number of benzene rings is 2. The third kappa shape index (κ3) is 5.57. The number of nitrogens with zero attached hydrogens (tertiary/aromatic N) is 1. The van der Waals surface area contributed by atoms with E-state index in [4.69, 9.17) is 4.74 Å². The minimum atomic E-state index is -3.22. The zero-order valence-electron chi connectivity index (χ0n) is 16.5. The maximum absolute atomic E-state index is 12.5. The Kier molecular flexibility index (Phi) is 6.65. The molecule has 0 aliphatic carbocycles. The van der Waals surface area contributed by atoms with E-state index in [1.165, 1.54) is 11.8 Å². The molecule has 0 fully saturated rings. The largest absolute Gasteiger partial charge is 0.493 e. The van der Waals surface area contributed by atoms with Crippen LogP contribution >= 0.6 is 0 Å². The predicted octanol–water partition coefficient (Wildman–Crippen LogP) is 3.70. The minimum absolute atomic E-state index is 0.0283. The molecule has 0 N–H and O–H groups in total. The SMILES string of the molecule is Cc1ccc(OCCC(=O)N(C)C(C)c2ccc(S(C)(=O)=O)cc2)c(C)c1. The number of hydrogen-bond donors (Lipinski definition) is 0. The Morgan fingerprint density at radius 2 is 1.74 bits per heavy atom. The standard InChI is InChI=1S/C21H27NO4S/c1-15-6-11-20(16(2)14-15)26-13-12-21(23)22(4)17(3)18-7-9-19(10-8-18)27(5,24)25/h6-11,14,17H,12-13H2,1-5H3. The highest BCUT2D eigenvalue weighted by molar-refractivity contribution is 7.90. The molecule has 1 unspecified atom stereocenters. The fourth-order valence-corrected chi connectivity index (χ4v) is 3.45. The summed E-state index contributed by atoms with van der Waals surface area (Å²) < 4.78 is 28.8. The molecule has 1 amide bonds. The van der Waals surface area contributed by atoms with Crippen LogP contribution in [0.3, 0.4) is 0 Å². The summed E-state index contributed by atoms with van der Waals surface area (Å²) in [5.74, 6) is 0.764. The Hall–Kier alpha value is -2.34. The summed E-state index contributed by atoms with van der Waals surface area (Å²) in [5.41, 5.74) is 3.11. The van der Waals surface area contributed by atoms with Crippen LogP contribution in [0.25, 0.3) is 0 Å². The second kappa shape index (κ2) is 8.57. The van der Waals surface area contributed by atoms with E-state index >= 15 is 0 Å². The van der Waals surface area contributed by atoms with Gasteiger partial charge in [-0.25, -0.2) is 8.42 Å². The van der Waals surface area contributed by atoms with Crippen molar-refractivity contribution in [2.75, 3.05) is 19.9 Å². The lowest BCUT2D eigenvalue weighted by Gasteiger charge is -2.25. The van der Waals surface area contributed by atoms with Crippen molar-refractivity contribution in [3.63, 3.8) is 0 Å². The van der Waals surface area contributed by atoms with Crippen LogP contribution in [-0.4, -0.2) is 39.1 Å². The molecule has 146 valence electrons. The zero-order valence-corrected chi connectivity index (χ0v) is 17.3. The number of carbonyl (C=O) groups is 1. The average molecular weight is 390 g/mol. The van der Waals surface area contributed by atoms with Gasteiger partial charge in [0.05, 0.1) is 24.0 Å². The van der Waals surface area contributed by atoms with E-state index in [2.05, 4.69) is 0 Å². The molecule has 0 aromatic heterocycles. The van der Waals surface area contributed by atoms with Crippen molar-refractivity contribution in [2.24, 2.45) is 0 Å². The van der Waals surface area contributed by atoms with Gasteiger partial charge in [-0.3, -0.25) is 4.79 Å². The first kappa shape index (κ1) is 21.0. The van der Waals surface area contributed by atoms with E-state index in [1.54, 1.807) is 36.2 Å². The lowest BCUT2D eigenvalue weighted by Crippen LogP contribution is -2.30. The molecule has 0 spiro atoms. The second-order valence-electron chi connectivity index (χ2n) is 6.89. The van der Waals surface area contributed by atoms with Crippen LogP contribution in [0.4, 0.5) is 0 Å². The number of rotatable bonds is 7. The molecule has 0 saturated heterocycles. The van der Waals surface area contributed by atoms with Gasteiger partial charge in [0.15, 0.2) is 9.84 Å². The van der Waals surface area contributed by atoms with Crippen molar-refractivity contribution >= 4 is 15.7 Å². The van der Waals surface area contributed by atoms with Crippen molar-refractivity contribution in [3.8, 4) is 5.75 Å². The van der Waals surface area contributed by atoms with E-state index in [1.807, 2.05) is 39.0 Å². The Morgan fingerprint density at radius 1 is 1.11 bits per heavy atom. The number of aryl methyl sites for hydroxylation is 2. The second-order valence-corrected chi connectivity index (χ2v) is 8.90. The molecule has 2 rings (SSSR count). The number of sulfone groups is 1. The highest BCUT2D eigenvalue weighted by Gasteiger charge is 2.18. The van der Waals surface area contributed by atoms with Crippen LogP contribution in [0.1, 0.15) is 36.1 Å². The molecule has 0 heterocycles. The van der Waals surface area contributed by atoms with Crippen molar-refractivity contribution in [2.45, 2.75) is 38.1 Å². The van der Waals surface area contributed by atoms with Gasteiger partial charge < -0.3 is 9.64 Å². The molecular formula is C21H27NO4S. The molecule has 0 saturated carbocycles. The van der Waals surface area contributed by atoms with E-state index in [0.717, 1.165) is 16.9 Å². The summed E-state index contributed by atoms with van der Waals surface area (Å²) in [6, 6.07) is 12.4. The topological polar surface area (TPSA) is 63.7 Å². The Labute approximate surface area is 161 Å². The van der Waals surface area contributed by atoms with E-state index in [9.17, 15) is 13.2 Å². The maximum Gasteiger partial charge on any atom is 0.226 e. The van der Waals surface area contributed by atoms with Crippen molar-refractivity contribution in [1.82, 2.24) is 4.90 Å². The van der Waals surface area contributed by atoms with Crippen LogP contribution in [0.5, 0.6) is 5.75 Å². The molecule has 0 radical (unpaired) electrons. The first-order valence-electron chi connectivity index (χ1n) is 8.85. The van der Waals surface area contributed by atoms with E-state index in [-0.39, 0.29) is 23.3 Å². The molecule has 27 heavy (non-hydrogen) atoms. The fraction of sp³-hybridized carbons (Fsp3) is 0.381. The number of hydrogen-bond acceptors (Lipinski definition) is 4. The van der Waals surface area contributed by atoms with Crippen LogP contribution in [0.15, 0.2) is 47.4 Å². The third-order valence-corrected chi connectivity index (χ3v) is 5.80. The summed E-state index contributed by atoms with van der Waals surface area (Å²) in [6.07, 6.45) is 1.45. The summed E-state index contributed by atoms with van der Waals surface area (Å²) in [7, 11) is -1.48. The monoisotopic (exact) mass is 389 g/mol.